The van der Waals surface area contributed by atoms with E-state index in [2.05, 4.69) is 0 Å². The first-order valence-corrected chi connectivity index (χ1v) is 6.83. The summed E-state index contributed by atoms with van der Waals surface area (Å²) < 4.78 is 10.4. The quantitative estimate of drug-likeness (QED) is 0.513. The molecule has 16 heavy (non-hydrogen) atoms. The maximum atomic E-state index is 10.2. The van der Waals surface area contributed by atoms with Gasteiger partial charge in [-0.2, -0.15) is 0 Å². The fourth-order valence-electron chi connectivity index (χ4n) is 1.37. The van der Waals surface area contributed by atoms with Crippen LogP contribution in [0.15, 0.2) is 18.2 Å². The van der Waals surface area contributed by atoms with Gasteiger partial charge >= 0.3 is 8.80 Å². The lowest BCUT2D eigenvalue weighted by atomic mass is 10.3. The van der Waals surface area contributed by atoms with E-state index >= 15 is 0 Å². The summed E-state index contributed by atoms with van der Waals surface area (Å²) in [7, 11) is -3.61. The van der Waals surface area contributed by atoms with Gasteiger partial charge in [0.15, 0.2) is 11.5 Å². The number of phenols is 2. The van der Waals surface area contributed by atoms with Crippen molar-refractivity contribution >= 4 is 14.0 Å². The molecule has 0 aliphatic heterocycles. The SMILES string of the molecule is CCO[Si](O)(OCC)c1cccc(O)c1O. The molecule has 0 aromatic heterocycles. The third-order valence-electron chi connectivity index (χ3n) is 2.04. The monoisotopic (exact) mass is 244 g/mol. The summed E-state index contributed by atoms with van der Waals surface area (Å²) in [6, 6.07) is 4.32. The van der Waals surface area contributed by atoms with E-state index in [1.165, 1.54) is 18.2 Å². The zero-order valence-corrected chi connectivity index (χ0v) is 10.3. The third-order valence-corrected chi connectivity index (χ3v) is 4.48. The molecular formula is C10H16O5Si. The van der Waals surface area contributed by atoms with E-state index in [4.69, 9.17) is 8.85 Å². The van der Waals surface area contributed by atoms with E-state index in [0.29, 0.717) is 0 Å². The predicted molar refractivity (Wildman–Crippen MR) is 60.6 cm³/mol. The second kappa shape index (κ2) is 5.31. The maximum absolute atomic E-state index is 10.2. The van der Waals surface area contributed by atoms with E-state index in [-0.39, 0.29) is 24.2 Å². The van der Waals surface area contributed by atoms with Crippen molar-refractivity contribution in [1.82, 2.24) is 0 Å². The Labute approximate surface area is 95.3 Å². The molecule has 1 aromatic carbocycles. The average molecular weight is 244 g/mol. The van der Waals surface area contributed by atoms with Crippen LogP contribution in [0.2, 0.25) is 0 Å². The molecule has 5 nitrogen and oxygen atoms in total. The minimum absolute atomic E-state index is 0.121. The van der Waals surface area contributed by atoms with E-state index in [1.807, 2.05) is 0 Å². The molecule has 0 aliphatic rings. The van der Waals surface area contributed by atoms with E-state index in [9.17, 15) is 15.0 Å². The van der Waals surface area contributed by atoms with E-state index < -0.39 is 14.6 Å². The molecule has 0 radical (unpaired) electrons. The Balaban J connectivity index is 3.15. The number of benzene rings is 1. The van der Waals surface area contributed by atoms with Gasteiger partial charge in [-0.05, 0) is 19.9 Å². The molecule has 1 aromatic rings. The van der Waals surface area contributed by atoms with Gasteiger partial charge in [0.25, 0.3) is 0 Å². The van der Waals surface area contributed by atoms with Crippen molar-refractivity contribution in [2.24, 2.45) is 0 Å². The molecule has 1 rings (SSSR count). The molecule has 0 aliphatic carbocycles. The number of rotatable bonds is 5. The van der Waals surface area contributed by atoms with Crippen LogP contribution in [0.3, 0.4) is 0 Å². The summed E-state index contributed by atoms with van der Waals surface area (Å²) in [6.07, 6.45) is 0. The first-order chi connectivity index (χ1) is 7.55. The average Bonchev–Trinajstić information content (AvgIpc) is 2.22. The standard InChI is InChI=1S/C10H16O5Si/c1-3-14-16(13,15-4-2)9-7-5-6-8(11)10(9)12/h5-7,11-13H,3-4H2,1-2H3. The molecular weight excluding hydrogens is 228 g/mol. The Morgan fingerprint density at radius 3 is 2.19 bits per heavy atom. The second-order valence-corrected chi connectivity index (χ2v) is 5.40. The molecule has 0 unspecified atom stereocenters. The molecule has 0 saturated heterocycles. The Kier molecular flexibility index (Phi) is 4.31. The zero-order valence-electron chi connectivity index (χ0n) is 9.30. The topological polar surface area (TPSA) is 79.2 Å². The van der Waals surface area contributed by atoms with Gasteiger partial charge in [-0.1, -0.05) is 12.1 Å². The van der Waals surface area contributed by atoms with Crippen molar-refractivity contribution < 1.29 is 23.9 Å². The summed E-state index contributed by atoms with van der Waals surface area (Å²) in [5, 5.41) is 19.1. The van der Waals surface area contributed by atoms with Crippen LogP contribution >= 0.6 is 0 Å². The normalized spacial score (nSPS) is 11.7. The van der Waals surface area contributed by atoms with Gasteiger partial charge in [-0.25, -0.2) is 0 Å². The Morgan fingerprint density at radius 1 is 1.12 bits per heavy atom. The van der Waals surface area contributed by atoms with Crippen LogP contribution in [-0.2, 0) is 8.85 Å². The van der Waals surface area contributed by atoms with Crippen LogP contribution in [0.5, 0.6) is 11.5 Å². The molecule has 0 heterocycles. The summed E-state index contributed by atoms with van der Waals surface area (Å²) in [6.45, 7) is 3.96. The Bertz CT molecular complexity index is 349. The highest BCUT2D eigenvalue weighted by atomic mass is 28.4. The molecule has 6 heteroatoms. The maximum Gasteiger partial charge on any atom is 0.538 e. The first-order valence-electron chi connectivity index (χ1n) is 5.06. The van der Waals surface area contributed by atoms with Gasteiger partial charge in [0.05, 0.1) is 5.19 Å². The fraction of sp³-hybridized carbons (Fsp3) is 0.400. The lowest BCUT2D eigenvalue weighted by Crippen LogP contribution is -2.54. The molecule has 0 atom stereocenters. The third kappa shape index (κ3) is 2.53. The molecule has 90 valence electrons. The lowest BCUT2D eigenvalue weighted by Gasteiger charge is -2.23. The number of hydrogen-bond donors (Lipinski definition) is 3. The smallest absolute Gasteiger partial charge is 0.504 e. The predicted octanol–water partition coefficient (Wildman–Crippen LogP) is 0.309. The van der Waals surface area contributed by atoms with Crippen LogP contribution in [0.25, 0.3) is 0 Å². The van der Waals surface area contributed by atoms with Crippen LogP contribution in [-0.4, -0.2) is 37.0 Å². The lowest BCUT2D eigenvalue weighted by molar-refractivity contribution is 0.123. The van der Waals surface area contributed by atoms with Crippen molar-refractivity contribution in [3.05, 3.63) is 18.2 Å². The highest BCUT2D eigenvalue weighted by Crippen LogP contribution is 2.23. The molecule has 0 amide bonds. The number of phenolic OH excluding ortho intramolecular Hbond substituents is 2. The Morgan fingerprint density at radius 2 is 1.69 bits per heavy atom. The first kappa shape index (κ1) is 13.0. The van der Waals surface area contributed by atoms with Crippen LogP contribution < -0.4 is 5.19 Å². The fourth-order valence-corrected chi connectivity index (χ4v) is 3.29. The number of hydrogen-bond acceptors (Lipinski definition) is 5. The minimum atomic E-state index is -3.61. The van der Waals surface area contributed by atoms with E-state index in [1.54, 1.807) is 13.8 Å². The summed E-state index contributed by atoms with van der Waals surface area (Å²) in [5.74, 6) is -0.693. The van der Waals surface area contributed by atoms with Crippen molar-refractivity contribution in [1.29, 1.82) is 0 Å². The van der Waals surface area contributed by atoms with Gasteiger partial charge in [0, 0.05) is 13.2 Å². The summed E-state index contributed by atoms with van der Waals surface area (Å²) in [4.78, 5) is 10.2. The van der Waals surface area contributed by atoms with Crippen LogP contribution in [0, 0.1) is 0 Å². The molecule has 0 fully saturated rings. The highest BCUT2D eigenvalue weighted by molar-refractivity contribution is 6.75. The van der Waals surface area contributed by atoms with Crippen LogP contribution in [0.4, 0.5) is 0 Å². The van der Waals surface area contributed by atoms with Crippen molar-refractivity contribution in [3.63, 3.8) is 0 Å². The highest BCUT2D eigenvalue weighted by Gasteiger charge is 2.42. The molecule has 0 bridgehead atoms. The van der Waals surface area contributed by atoms with Crippen molar-refractivity contribution in [3.8, 4) is 11.5 Å². The van der Waals surface area contributed by atoms with Gasteiger partial charge in [0.1, 0.15) is 0 Å². The summed E-state index contributed by atoms with van der Waals surface area (Å²) >= 11 is 0. The molecule has 0 spiro atoms. The van der Waals surface area contributed by atoms with Crippen molar-refractivity contribution in [2.75, 3.05) is 13.2 Å². The molecule has 3 N–H and O–H groups in total. The zero-order chi connectivity index (χ0) is 12.2. The number of aromatic hydroxyl groups is 2. The van der Waals surface area contributed by atoms with Gasteiger partial charge in [-0.3, -0.25) is 0 Å². The largest absolute Gasteiger partial charge is 0.538 e. The number of para-hydroxylation sites is 1. The van der Waals surface area contributed by atoms with Crippen LogP contribution in [0.1, 0.15) is 13.8 Å². The summed E-state index contributed by atoms with van der Waals surface area (Å²) in [5.41, 5.74) is 0. The Hall–Kier alpha value is -1.08. The van der Waals surface area contributed by atoms with Gasteiger partial charge in [0.2, 0.25) is 0 Å². The van der Waals surface area contributed by atoms with Gasteiger partial charge in [-0.15, -0.1) is 0 Å². The second-order valence-electron chi connectivity index (χ2n) is 3.12. The van der Waals surface area contributed by atoms with Crippen molar-refractivity contribution in [2.45, 2.75) is 13.8 Å². The molecule has 0 saturated carbocycles. The van der Waals surface area contributed by atoms with Gasteiger partial charge < -0.3 is 23.9 Å². The minimum Gasteiger partial charge on any atom is -0.504 e. The van der Waals surface area contributed by atoms with E-state index in [0.717, 1.165) is 0 Å².